The molecule has 0 fully saturated rings. The zero-order valence-corrected chi connectivity index (χ0v) is 12.3. The minimum absolute atomic E-state index is 0.185. The highest BCUT2D eigenvalue weighted by Crippen LogP contribution is 2.25. The Kier molecular flexibility index (Phi) is 4.47. The Balaban J connectivity index is 2.24. The molecule has 0 aliphatic heterocycles. The number of aromatic nitrogens is 1. The van der Waals surface area contributed by atoms with Crippen molar-refractivity contribution >= 4 is 17.3 Å². The first-order chi connectivity index (χ1) is 10.0. The van der Waals surface area contributed by atoms with Gasteiger partial charge in [0, 0.05) is 11.4 Å². The predicted molar refractivity (Wildman–Crippen MR) is 80.1 cm³/mol. The lowest BCUT2D eigenvalue weighted by Crippen LogP contribution is -2.13. The zero-order valence-electron chi connectivity index (χ0n) is 12.3. The monoisotopic (exact) mass is 289 g/mol. The van der Waals surface area contributed by atoms with Crippen molar-refractivity contribution < 1.29 is 13.9 Å². The van der Waals surface area contributed by atoms with E-state index in [9.17, 15) is 4.79 Å². The van der Waals surface area contributed by atoms with Gasteiger partial charge in [0.2, 0.25) is 5.89 Å². The van der Waals surface area contributed by atoms with Gasteiger partial charge in [0.1, 0.15) is 11.8 Å². The Morgan fingerprint density at radius 2 is 2.29 bits per heavy atom. The number of hydrogen-bond acceptors (Lipinski definition) is 6. The lowest BCUT2D eigenvalue weighted by atomic mass is 10.1. The zero-order chi connectivity index (χ0) is 15.4. The number of esters is 1. The van der Waals surface area contributed by atoms with Gasteiger partial charge in [-0.3, -0.25) is 0 Å². The molecule has 0 bridgehead atoms. The lowest BCUT2D eigenvalue weighted by molar-refractivity contribution is 0.0527. The molecule has 1 unspecified atom stereocenters. The van der Waals surface area contributed by atoms with Crippen molar-refractivity contribution in [1.29, 1.82) is 0 Å². The van der Waals surface area contributed by atoms with Crippen molar-refractivity contribution in [2.75, 3.05) is 17.7 Å². The number of nitrogens with two attached hydrogens (primary N) is 1. The largest absolute Gasteiger partial charge is 0.462 e. The molecule has 0 amide bonds. The summed E-state index contributed by atoms with van der Waals surface area (Å²) >= 11 is 0. The third-order valence-corrected chi connectivity index (χ3v) is 2.92. The Morgan fingerprint density at radius 1 is 1.52 bits per heavy atom. The van der Waals surface area contributed by atoms with Crippen molar-refractivity contribution in [3.63, 3.8) is 0 Å². The van der Waals surface area contributed by atoms with E-state index in [0.717, 1.165) is 5.76 Å². The molecule has 2 rings (SSSR count). The maximum atomic E-state index is 12.0. The van der Waals surface area contributed by atoms with Crippen LogP contribution < -0.4 is 11.1 Å². The molecule has 2 aromatic rings. The fraction of sp³-hybridized carbons (Fsp3) is 0.333. The Bertz CT molecular complexity index is 637. The summed E-state index contributed by atoms with van der Waals surface area (Å²) in [5.41, 5.74) is 7.27. The highest BCUT2D eigenvalue weighted by molar-refractivity contribution is 5.96. The quantitative estimate of drug-likeness (QED) is 0.649. The van der Waals surface area contributed by atoms with Crippen LogP contribution in [0.2, 0.25) is 0 Å². The summed E-state index contributed by atoms with van der Waals surface area (Å²) in [6.45, 7) is 5.80. The number of aryl methyl sites for hydroxylation is 1. The number of carbonyl (C=O) groups excluding carboxylic acids is 1. The second-order valence-corrected chi connectivity index (χ2v) is 4.70. The number of rotatable bonds is 5. The van der Waals surface area contributed by atoms with Crippen LogP contribution in [-0.2, 0) is 4.74 Å². The molecule has 21 heavy (non-hydrogen) atoms. The van der Waals surface area contributed by atoms with Gasteiger partial charge >= 0.3 is 5.97 Å². The van der Waals surface area contributed by atoms with E-state index in [1.54, 1.807) is 31.3 Å². The minimum Gasteiger partial charge on any atom is -0.462 e. The fourth-order valence-corrected chi connectivity index (χ4v) is 1.93. The van der Waals surface area contributed by atoms with Gasteiger partial charge in [-0.2, -0.15) is 0 Å². The molecule has 1 aromatic heterocycles. The highest BCUT2D eigenvalue weighted by atomic mass is 16.5. The van der Waals surface area contributed by atoms with Gasteiger partial charge in [0.25, 0.3) is 0 Å². The first-order valence-corrected chi connectivity index (χ1v) is 6.76. The van der Waals surface area contributed by atoms with E-state index in [0.29, 0.717) is 29.4 Å². The van der Waals surface area contributed by atoms with Crippen LogP contribution >= 0.6 is 0 Å². The predicted octanol–water partition coefficient (Wildman–Crippen LogP) is 2.92. The average Bonchev–Trinajstić information content (AvgIpc) is 2.87. The maximum Gasteiger partial charge on any atom is 0.340 e. The van der Waals surface area contributed by atoms with E-state index in [4.69, 9.17) is 14.9 Å². The summed E-state index contributed by atoms with van der Waals surface area (Å²) in [5, 5.41) is 3.19. The Morgan fingerprint density at radius 3 is 2.90 bits per heavy atom. The van der Waals surface area contributed by atoms with E-state index in [-0.39, 0.29) is 6.04 Å². The van der Waals surface area contributed by atoms with E-state index < -0.39 is 5.97 Å². The smallest absolute Gasteiger partial charge is 0.340 e. The number of anilines is 2. The van der Waals surface area contributed by atoms with Gasteiger partial charge in [-0.1, -0.05) is 0 Å². The van der Waals surface area contributed by atoms with Gasteiger partial charge in [0.15, 0.2) is 0 Å². The second-order valence-electron chi connectivity index (χ2n) is 4.70. The van der Waals surface area contributed by atoms with Crippen LogP contribution in [0.4, 0.5) is 11.4 Å². The van der Waals surface area contributed by atoms with Crippen molar-refractivity contribution in [2.45, 2.75) is 26.8 Å². The van der Waals surface area contributed by atoms with Gasteiger partial charge in [-0.25, -0.2) is 9.78 Å². The fourth-order valence-electron chi connectivity index (χ4n) is 1.93. The summed E-state index contributed by atoms with van der Waals surface area (Å²) in [4.78, 5) is 16.2. The summed E-state index contributed by atoms with van der Waals surface area (Å²) in [5.74, 6) is 0.879. The summed E-state index contributed by atoms with van der Waals surface area (Å²) in [6.07, 6.45) is 1.66. The number of nitrogens with one attached hydrogen (secondary N) is 1. The molecule has 0 saturated carbocycles. The maximum absolute atomic E-state index is 12.0. The molecule has 0 aliphatic carbocycles. The van der Waals surface area contributed by atoms with Gasteiger partial charge < -0.3 is 20.2 Å². The molecule has 112 valence electrons. The number of nitrogen functional groups attached to an aromatic ring is 1. The highest BCUT2D eigenvalue weighted by Gasteiger charge is 2.17. The molecule has 0 radical (unpaired) electrons. The molecule has 6 nitrogen and oxygen atoms in total. The van der Waals surface area contributed by atoms with Crippen molar-refractivity contribution in [3.05, 3.63) is 41.6 Å². The normalized spacial score (nSPS) is 12.0. The third kappa shape index (κ3) is 3.53. The number of nitrogens with zero attached hydrogens (tertiary/aromatic N) is 1. The van der Waals surface area contributed by atoms with Crippen LogP contribution in [0.25, 0.3) is 0 Å². The number of oxazole rings is 1. The average molecular weight is 289 g/mol. The molecular weight excluding hydrogens is 270 g/mol. The van der Waals surface area contributed by atoms with E-state index in [2.05, 4.69) is 10.3 Å². The van der Waals surface area contributed by atoms with Crippen molar-refractivity contribution in [3.8, 4) is 0 Å². The third-order valence-electron chi connectivity index (χ3n) is 2.92. The molecule has 0 saturated heterocycles. The number of ether oxygens (including phenoxy) is 1. The van der Waals surface area contributed by atoms with E-state index >= 15 is 0 Å². The van der Waals surface area contributed by atoms with Crippen LogP contribution in [0.5, 0.6) is 0 Å². The minimum atomic E-state index is -0.414. The number of hydrogen-bond donors (Lipinski definition) is 2. The van der Waals surface area contributed by atoms with Crippen molar-refractivity contribution in [1.82, 2.24) is 4.98 Å². The van der Waals surface area contributed by atoms with Crippen LogP contribution in [0.1, 0.15) is 41.9 Å². The molecule has 0 aliphatic rings. The second kappa shape index (κ2) is 6.30. The van der Waals surface area contributed by atoms with E-state index in [1.807, 2.05) is 13.8 Å². The SMILES string of the molecule is CCOC(=O)c1cc(N)ccc1NC(C)c1ncc(C)o1. The van der Waals surface area contributed by atoms with Crippen LogP contribution in [0.3, 0.4) is 0 Å². The van der Waals surface area contributed by atoms with Gasteiger partial charge in [-0.15, -0.1) is 0 Å². The van der Waals surface area contributed by atoms with Crippen LogP contribution in [0, 0.1) is 6.92 Å². The summed E-state index contributed by atoms with van der Waals surface area (Å²) in [6, 6.07) is 4.87. The van der Waals surface area contributed by atoms with E-state index in [1.165, 1.54) is 0 Å². The molecular formula is C15H19N3O3. The topological polar surface area (TPSA) is 90.4 Å². The first-order valence-electron chi connectivity index (χ1n) is 6.76. The molecule has 1 aromatic carbocycles. The molecule has 3 N–H and O–H groups in total. The molecule has 6 heteroatoms. The number of carbonyl (C=O) groups is 1. The molecule has 1 heterocycles. The number of benzene rings is 1. The first kappa shape index (κ1) is 14.9. The molecule has 0 spiro atoms. The standard InChI is InChI=1S/C15H19N3O3/c1-4-20-15(19)12-7-11(16)5-6-13(12)18-10(3)14-17-8-9(2)21-14/h5-8,10,18H,4,16H2,1-3H3. The van der Waals surface area contributed by atoms with Gasteiger partial charge in [-0.05, 0) is 39.0 Å². The van der Waals surface area contributed by atoms with Crippen LogP contribution in [0.15, 0.2) is 28.8 Å². The molecule has 1 atom stereocenters. The summed E-state index contributed by atoms with van der Waals surface area (Å²) in [7, 11) is 0. The summed E-state index contributed by atoms with van der Waals surface area (Å²) < 4.78 is 10.5. The Labute approximate surface area is 123 Å². The van der Waals surface area contributed by atoms with Crippen LogP contribution in [-0.4, -0.2) is 17.6 Å². The lowest BCUT2D eigenvalue weighted by Gasteiger charge is -2.15. The van der Waals surface area contributed by atoms with Gasteiger partial charge in [0.05, 0.1) is 18.4 Å². The Hall–Kier alpha value is -2.50. The van der Waals surface area contributed by atoms with Crippen molar-refractivity contribution in [2.24, 2.45) is 0 Å².